The monoisotopic (exact) mass is 104 g/mol. The Labute approximate surface area is 47.0 Å². The van der Waals surface area contributed by atoms with Crippen LogP contribution in [-0.2, 0) is 0 Å². The predicted molar refractivity (Wildman–Crippen MR) is 27.7 cm³/mol. The van der Waals surface area contributed by atoms with E-state index in [9.17, 15) is 0 Å². The van der Waals surface area contributed by atoms with E-state index in [2.05, 4.69) is 0 Å². The van der Waals surface area contributed by atoms with Gasteiger partial charge in [0.2, 0.25) is 0 Å². The largest absolute Gasteiger partial charge is 0.762 e. The highest BCUT2D eigenvalue weighted by Crippen LogP contribution is 1.89. The molecule has 3 nitrogen and oxygen atoms in total. The smallest absolute Gasteiger partial charge is 0.102 e. The molecule has 0 atom stereocenters. The molecule has 0 N–H and O–H groups in total. The molecule has 0 aliphatic carbocycles. The molecule has 0 saturated carbocycles. The minimum Gasteiger partial charge on any atom is -0.762 e. The summed E-state index contributed by atoms with van der Waals surface area (Å²) in [5.41, 5.74) is -0.0347. The topological polar surface area (TPSA) is 69.9 Å². The molecule has 0 aromatic heterocycles. The maximum atomic E-state index is 8.00. The maximum Gasteiger partial charge on any atom is 0.102 e. The van der Waals surface area contributed by atoms with Crippen molar-refractivity contribution in [3.05, 3.63) is 11.0 Å². The van der Waals surface area contributed by atoms with Gasteiger partial charge in [-0.2, -0.15) is 10.5 Å². The van der Waals surface area contributed by atoms with Gasteiger partial charge in [0.1, 0.15) is 6.07 Å². The third kappa shape index (κ3) is 1.77. The van der Waals surface area contributed by atoms with E-state index in [0.29, 0.717) is 0 Å². The molecule has 8 heavy (non-hydrogen) atoms. The molecule has 0 heterocycles. The summed E-state index contributed by atoms with van der Waals surface area (Å²) in [6, 6.07) is 3.27. The van der Waals surface area contributed by atoms with Crippen molar-refractivity contribution < 1.29 is 0 Å². The third-order valence-corrected chi connectivity index (χ3v) is 0.526. The highest BCUT2D eigenvalue weighted by atomic mass is 14.3. The van der Waals surface area contributed by atoms with Crippen LogP contribution in [0.15, 0.2) is 5.57 Å². The van der Waals surface area contributed by atoms with Gasteiger partial charge in [-0.05, 0) is 0 Å². The zero-order valence-electron chi connectivity index (χ0n) is 4.05. The van der Waals surface area contributed by atoms with Crippen LogP contribution in [0.25, 0.3) is 5.41 Å². The van der Waals surface area contributed by atoms with Gasteiger partial charge in [0.25, 0.3) is 0 Å². The molecular formula is C5H2N3-. The minimum absolute atomic E-state index is 0.0347. The average Bonchev–Trinajstić information content (AvgIpc) is 1.83. The highest BCUT2D eigenvalue weighted by molar-refractivity contribution is 5.66. The van der Waals surface area contributed by atoms with Crippen LogP contribution in [0.2, 0.25) is 0 Å². The molecule has 0 rings (SSSR count). The lowest BCUT2D eigenvalue weighted by Gasteiger charge is -1.79. The van der Waals surface area contributed by atoms with Crippen LogP contribution in [0.4, 0.5) is 0 Å². The summed E-state index contributed by atoms with van der Waals surface area (Å²) in [7, 11) is 0. The number of nitrogens with zero attached hydrogens (tertiary/aromatic N) is 3. The summed E-state index contributed by atoms with van der Waals surface area (Å²) in [5, 5.41) is 23.9. The third-order valence-electron chi connectivity index (χ3n) is 0.526. The van der Waals surface area contributed by atoms with Crippen LogP contribution in [-0.4, -0.2) is 5.87 Å². The zero-order chi connectivity index (χ0) is 6.41. The van der Waals surface area contributed by atoms with E-state index in [0.717, 1.165) is 0 Å². The highest BCUT2D eigenvalue weighted by Gasteiger charge is 1.84. The Balaban J connectivity index is 4.04. The maximum absolute atomic E-state index is 8.00. The molecule has 0 radical (unpaired) electrons. The van der Waals surface area contributed by atoms with E-state index < -0.39 is 0 Å². The van der Waals surface area contributed by atoms with Gasteiger partial charge >= 0.3 is 0 Å². The van der Waals surface area contributed by atoms with Crippen molar-refractivity contribution in [3.8, 4) is 12.1 Å². The molecule has 0 aliphatic heterocycles. The van der Waals surface area contributed by atoms with Gasteiger partial charge in [0.15, 0.2) is 0 Å². The van der Waals surface area contributed by atoms with Crippen molar-refractivity contribution in [2.24, 2.45) is 0 Å². The Morgan fingerprint density at radius 1 is 1.50 bits per heavy atom. The molecule has 0 aliphatic rings. The fraction of sp³-hybridized carbons (Fsp3) is 0.200. The molecule has 0 spiro atoms. The summed E-state index contributed by atoms with van der Waals surface area (Å²) in [5.74, 6) is 1.59. The Kier molecular flexibility index (Phi) is 2.90. The first-order valence-electron chi connectivity index (χ1n) is 1.88. The zero-order valence-corrected chi connectivity index (χ0v) is 4.05. The first-order chi connectivity index (χ1) is 3.85. The number of nitriles is 2. The van der Waals surface area contributed by atoms with Gasteiger partial charge in [0.05, 0.1) is 18.1 Å². The van der Waals surface area contributed by atoms with Crippen molar-refractivity contribution in [1.82, 2.24) is 0 Å². The molecule has 0 bridgehead atoms. The second-order valence-electron chi connectivity index (χ2n) is 1.04. The van der Waals surface area contributed by atoms with E-state index in [-0.39, 0.29) is 12.0 Å². The predicted octanol–water partition coefficient (Wildman–Crippen LogP) is 0.589. The van der Waals surface area contributed by atoms with Gasteiger partial charge < -0.3 is 5.41 Å². The van der Waals surface area contributed by atoms with Crippen LogP contribution in [0.3, 0.4) is 0 Å². The average molecular weight is 104 g/mol. The summed E-state index contributed by atoms with van der Waals surface area (Å²) in [4.78, 5) is 0. The Morgan fingerprint density at radius 2 is 2.12 bits per heavy atom. The number of hydrogen-bond acceptors (Lipinski definition) is 2. The lowest BCUT2D eigenvalue weighted by atomic mass is 10.2. The van der Waals surface area contributed by atoms with Gasteiger partial charge in [0, 0.05) is 0 Å². The van der Waals surface area contributed by atoms with Crippen molar-refractivity contribution in [3.63, 3.8) is 0 Å². The molecular weight excluding hydrogens is 102 g/mol. The molecule has 0 aromatic carbocycles. The SMILES string of the molecule is N#CCC(=C=[N-])C#N. The molecule has 0 unspecified atom stereocenters. The molecule has 0 amide bonds. The van der Waals surface area contributed by atoms with Crippen LogP contribution in [0.5, 0.6) is 0 Å². The van der Waals surface area contributed by atoms with Crippen molar-refractivity contribution in [2.45, 2.75) is 6.42 Å². The Bertz CT molecular complexity index is 197. The molecule has 0 fully saturated rings. The number of allylic oxidation sites excluding steroid dienone is 1. The fourth-order valence-corrected chi connectivity index (χ4v) is 0.183. The van der Waals surface area contributed by atoms with Crippen LogP contribution in [0.1, 0.15) is 6.42 Å². The van der Waals surface area contributed by atoms with Gasteiger partial charge in [-0.25, -0.2) is 0 Å². The number of rotatable bonds is 1. The Morgan fingerprint density at radius 3 is 2.25 bits per heavy atom. The first-order valence-corrected chi connectivity index (χ1v) is 1.88. The van der Waals surface area contributed by atoms with E-state index in [1.54, 1.807) is 18.0 Å². The lowest BCUT2D eigenvalue weighted by molar-refractivity contribution is 1.30. The van der Waals surface area contributed by atoms with Gasteiger partial charge in [-0.3, -0.25) is 5.87 Å². The van der Waals surface area contributed by atoms with Crippen molar-refractivity contribution >= 4 is 5.87 Å². The molecule has 0 saturated heterocycles. The second kappa shape index (κ2) is 3.61. The normalized spacial score (nSPS) is 5.75. The van der Waals surface area contributed by atoms with Crippen LogP contribution in [0, 0.1) is 22.7 Å². The number of hydrogen-bond donors (Lipinski definition) is 0. The van der Waals surface area contributed by atoms with Gasteiger partial charge in [-0.1, -0.05) is 0 Å². The molecule has 38 valence electrons. The lowest BCUT2D eigenvalue weighted by Crippen LogP contribution is -1.73. The van der Waals surface area contributed by atoms with Crippen LogP contribution >= 0.6 is 0 Å². The fourth-order valence-electron chi connectivity index (χ4n) is 0.183. The van der Waals surface area contributed by atoms with E-state index in [1.807, 2.05) is 0 Å². The molecule has 0 aromatic rings. The van der Waals surface area contributed by atoms with E-state index in [4.69, 9.17) is 15.9 Å². The first kappa shape index (κ1) is 6.43. The second-order valence-corrected chi connectivity index (χ2v) is 1.04. The molecule has 3 heteroatoms. The Hall–Kier alpha value is -1.57. The van der Waals surface area contributed by atoms with E-state index >= 15 is 0 Å². The van der Waals surface area contributed by atoms with Crippen molar-refractivity contribution in [2.75, 3.05) is 0 Å². The quantitative estimate of drug-likeness (QED) is 0.360. The van der Waals surface area contributed by atoms with E-state index in [1.165, 1.54) is 0 Å². The summed E-state index contributed by atoms with van der Waals surface area (Å²) in [6.07, 6.45) is -0.0764. The summed E-state index contributed by atoms with van der Waals surface area (Å²) < 4.78 is 0. The van der Waals surface area contributed by atoms with Crippen LogP contribution < -0.4 is 0 Å². The summed E-state index contributed by atoms with van der Waals surface area (Å²) in [6.45, 7) is 0. The van der Waals surface area contributed by atoms with Crippen molar-refractivity contribution in [1.29, 1.82) is 10.5 Å². The van der Waals surface area contributed by atoms with Gasteiger partial charge in [-0.15, -0.1) is 0 Å². The minimum atomic E-state index is -0.0764. The standard InChI is InChI=1S/C5H2N3/c6-2-1-5(3-7)4-8/h1H2/q-1. The summed E-state index contributed by atoms with van der Waals surface area (Å²) >= 11 is 0.